The molecule has 2 unspecified atom stereocenters. The number of carbonyl (C=O) groups excluding carboxylic acids is 1. The molecule has 2 heterocycles. The van der Waals surface area contributed by atoms with E-state index in [0.29, 0.717) is 30.3 Å². The van der Waals surface area contributed by atoms with Gasteiger partial charge in [-0.3, -0.25) is 4.79 Å². The molecule has 2 atom stereocenters. The van der Waals surface area contributed by atoms with E-state index in [1.807, 2.05) is 18.2 Å². The van der Waals surface area contributed by atoms with Crippen LogP contribution in [0.2, 0.25) is 0 Å². The van der Waals surface area contributed by atoms with E-state index < -0.39 is 5.60 Å². The highest BCUT2D eigenvalue weighted by atomic mass is 16.5. The molecular formula is C18H23N5O3. The second kappa shape index (κ2) is 7.13. The van der Waals surface area contributed by atoms with Gasteiger partial charge >= 0.3 is 0 Å². The van der Waals surface area contributed by atoms with E-state index in [-0.39, 0.29) is 25.1 Å². The summed E-state index contributed by atoms with van der Waals surface area (Å²) < 4.78 is 5.37. The first-order chi connectivity index (χ1) is 12.6. The summed E-state index contributed by atoms with van der Waals surface area (Å²) in [4.78, 5) is 13.9. The number of amides is 1. The summed E-state index contributed by atoms with van der Waals surface area (Å²) in [7, 11) is 0. The lowest BCUT2D eigenvalue weighted by molar-refractivity contribution is -0.0978. The molecule has 2 N–H and O–H groups in total. The number of hydrogen-bond acceptors (Lipinski definition) is 6. The van der Waals surface area contributed by atoms with E-state index in [0.717, 1.165) is 19.3 Å². The molecule has 2 fully saturated rings. The molecule has 8 nitrogen and oxygen atoms in total. The van der Waals surface area contributed by atoms with Crippen LogP contribution in [0.5, 0.6) is 0 Å². The van der Waals surface area contributed by atoms with Crippen molar-refractivity contribution in [2.45, 2.75) is 43.9 Å². The third kappa shape index (κ3) is 3.91. The molecule has 0 radical (unpaired) electrons. The van der Waals surface area contributed by atoms with Gasteiger partial charge in [-0.2, -0.15) is 4.80 Å². The molecule has 1 saturated heterocycles. The molecule has 0 bridgehead atoms. The molecule has 1 aromatic heterocycles. The maximum atomic E-state index is 12.5. The highest BCUT2D eigenvalue weighted by Gasteiger charge is 2.37. The second-order valence-electron chi connectivity index (χ2n) is 7.21. The largest absolute Gasteiger partial charge is 0.385 e. The zero-order chi connectivity index (χ0) is 18.0. The van der Waals surface area contributed by atoms with Crippen molar-refractivity contribution in [3.8, 4) is 0 Å². The van der Waals surface area contributed by atoms with Gasteiger partial charge in [0, 0.05) is 12.2 Å². The van der Waals surface area contributed by atoms with E-state index in [4.69, 9.17) is 4.74 Å². The van der Waals surface area contributed by atoms with Gasteiger partial charge in [0.1, 0.15) is 5.60 Å². The molecule has 1 saturated carbocycles. The Morgan fingerprint density at radius 2 is 2.19 bits per heavy atom. The van der Waals surface area contributed by atoms with Crippen LogP contribution < -0.4 is 5.32 Å². The minimum absolute atomic E-state index is 0.141. The number of tetrazole rings is 1. The fourth-order valence-electron chi connectivity index (χ4n) is 3.31. The predicted octanol–water partition coefficient (Wildman–Crippen LogP) is 1.10. The van der Waals surface area contributed by atoms with E-state index in [2.05, 4.69) is 20.7 Å². The van der Waals surface area contributed by atoms with Crippen molar-refractivity contribution in [3.63, 3.8) is 0 Å². The lowest BCUT2D eigenvalue weighted by Gasteiger charge is -2.30. The standard InChI is InChI=1S/C18H23N5O3/c24-17(14-5-2-1-3-6-14)19-15(13-7-8-13)16-20-22-23(21-16)11-18(25)9-4-10-26-12-18/h1-3,5-6,13,15,25H,4,7-12H2,(H,19,24). The molecule has 2 aromatic rings. The van der Waals surface area contributed by atoms with E-state index in [1.165, 1.54) is 4.80 Å². The lowest BCUT2D eigenvalue weighted by atomic mass is 9.97. The Hall–Kier alpha value is -2.32. The molecule has 4 rings (SSSR count). The topological polar surface area (TPSA) is 102 Å². The van der Waals surface area contributed by atoms with Gasteiger partial charge in [0.15, 0.2) is 5.82 Å². The Bertz CT molecular complexity index is 753. The van der Waals surface area contributed by atoms with Crippen LogP contribution >= 0.6 is 0 Å². The highest BCUT2D eigenvalue weighted by molar-refractivity contribution is 5.94. The van der Waals surface area contributed by atoms with Crippen LogP contribution in [0.15, 0.2) is 30.3 Å². The normalized spacial score (nSPS) is 24.2. The van der Waals surface area contributed by atoms with Gasteiger partial charge in [-0.25, -0.2) is 0 Å². The SMILES string of the molecule is O=C(NC(c1nnn(CC2(O)CCCOC2)n1)C1CC1)c1ccccc1. The summed E-state index contributed by atoms with van der Waals surface area (Å²) in [6, 6.07) is 8.85. The number of hydrogen-bond donors (Lipinski definition) is 2. The first-order valence-electron chi connectivity index (χ1n) is 9.07. The molecule has 2 aliphatic rings. The van der Waals surface area contributed by atoms with Gasteiger partial charge in [0.25, 0.3) is 5.91 Å². The van der Waals surface area contributed by atoms with Gasteiger partial charge in [-0.15, -0.1) is 10.2 Å². The summed E-state index contributed by atoms with van der Waals surface area (Å²) in [5, 5.41) is 26.2. The van der Waals surface area contributed by atoms with E-state index in [9.17, 15) is 9.90 Å². The van der Waals surface area contributed by atoms with Crippen LogP contribution in [0, 0.1) is 5.92 Å². The van der Waals surface area contributed by atoms with Gasteiger partial charge in [-0.05, 0) is 48.9 Å². The lowest BCUT2D eigenvalue weighted by Crippen LogP contribution is -2.43. The first kappa shape index (κ1) is 17.1. The van der Waals surface area contributed by atoms with Crippen LogP contribution in [0.4, 0.5) is 0 Å². The van der Waals surface area contributed by atoms with Crippen molar-refractivity contribution in [1.29, 1.82) is 0 Å². The third-order valence-electron chi connectivity index (χ3n) is 4.90. The smallest absolute Gasteiger partial charge is 0.251 e. The number of carbonyl (C=O) groups is 1. The maximum Gasteiger partial charge on any atom is 0.251 e. The number of ether oxygens (including phenoxy) is 1. The van der Waals surface area contributed by atoms with Crippen LogP contribution in [0.3, 0.4) is 0 Å². The average Bonchev–Trinajstić information content (AvgIpc) is 3.40. The molecule has 26 heavy (non-hydrogen) atoms. The third-order valence-corrected chi connectivity index (χ3v) is 4.90. The molecular weight excluding hydrogens is 334 g/mol. The number of nitrogens with one attached hydrogen (secondary N) is 1. The average molecular weight is 357 g/mol. The maximum absolute atomic E-state index is 12.5. The number of benzene rings is 1. The highest BCUT2D eigenvalue weighted by Crippen LogP contribution is 2.40. The summed E-state index contributed by atoms with van der Waals surface area (Å²) in [5.74, 6) is 0.691. The Balaban J connectivity index is 1.46. The molecule has 0 spiro atoms. The summed E-state index contributed by atoms with van der Waals surface area (Å²) >= 11 is 0. The zero-order valence-corrected chi connectivity index (χ0v) is 14.5. The van der Waals surface area contributed by atoms with Crippen molar-refractivity contribution in [1.82, 2.24) is 25.5 Å². The second-order valence-corrected chi connectivity index (χ2v) is 7.21. The fraction of sp³-hybridized carbons (Fsp3) is 0.556. The Kier molecular flexibility index (Phi) is 4.69. The van der Waals surface area contributed by atoms with Crippen molar-refractivity contribution in [3.05, 3.63) is 41.7 Å². The number of rotatable bonds is 6. The molecule has 1 amide bonds. The molecule has 1 aliphatic heterocycles. The van der Waals surface area contributed by atoms with Crippen LogP contribution in [-0.4, -0.2) is 50.0 Å². The van der Waals surface area contributed by atoms with Gasteiger partial charge < -0.3 is 15.2 Å². The number of aromatic nitrogens is 4. The van der Waals surface area contributed by atoms with E-state index >= 15 is 0 Å². The molecule has 8 heteroatoms. The van der Waals surface area contributed by atoms with Crippen molar-refractivity contribution < 1.29 is 14.6 Å². The summed E-state index contributed by atoms with van der Waals surface area (Å²) in [6.07, 6.45) is 3.54. The monoisotopic (exact) mass is 357 g/mol. The van der Waals surface area contributed by atoms with Crippen LogP contribution in [-0.2, 0) is 11.3 Å². The van der Waals surface area contributed by atoms with Gasteiger partial charge in [-0.1, -0.05) is 18.2 Å². The Morgan fingerprint density at radius 3 is 2.88 bits per heavy atom. The summed E-state index contributed by atoms with van der Waals surface area (Å²) in [5.41, 5.74) is -0.349. The van der Waals surface area contributed by atoms with Crippen molar-refractivity contribution >= 4 is 5.91 Å². The first-order valence-corrected chi connectivity index (χ1v) is 9.07. The van der Waals surface area contributed by atoms with E-state index in [1.54, 1.807) is 12.1 Å². The summed E-state index contributed by atoms with van der Waals surface area (Å²) in [6.45, 7) is 1.19. The van der Waals surface area contributed by atoms with Crippen LogP contribution in [0.1, 0.15) is 47.9 Å². The predicted molar refractivity (Wildman–Crippen MR) is 92.2 cm³/mol. The van der Waals surface area contributed by atoms with Gasteiger partial charge in [0.2, 0.25) is 0 Å². The van der Waals surface area contributed by atoms with Crippen molar-refractivity contribution in [2.24, 2.45) is 5.92 Å². The van der Waals surface area contributed by atoms with Crippen molar-refractivity contribution in [2.75, 3.05) is 13.2 Å². The minimum atomic E-state index is -0.960. The Labute approximate surface area is 151 Å². The number of nitrogens with zero attached hydrogens (tertiary/aromatic N) is 4. The number of aliphatic hydroxyl groups is 1. The fourth-order valence-corrected chi connectivity index (χ4v) is 3.31. The zero-order valence-electron chi connectivity index (χ0n) is 14.5. The molecule has 1 aliphatic carbocycles. The van der Waals surface area contributed by atoms with Crippen LogP contribution in [0.25, 0.3) is 0 Å². The van der Waals surface area contributed by atoms with Gasteiger partial charge in [0.05, 0.1) is 19.2 Å². The molecule has 1 aromatic carbocycles. The quantitative estimate of drug-likeness (QED) is 0.802. The molecule has 138 valence electrons. The minimum Gasteiger partial charge on any atom is -0.385 e. The Morgan fingerprint density at radius 1 is 1.38 bits per heavy atom.